The number of hydrogen-bond acceptors (Lipinski definition) is 13. The van der Waals surface area contributed by atoms with Crippen LogP contribution in [0, 0.1) is 11.3 Å². The summed E-state index contributed by atoms with van der Waals surface area (Å²) >= 11 is 0. The predicted molar refractivity (Wildman–Crippen MR) is 479 cm³/mol. The minimum atomic E-state index is -5.20. The Bertz CT molecular complexity index is 7220. The van der Waals surface area contributed by atoms with E-state index in [0.29, 0.717) is 158 Å². The van der Waals surface area contributed by atoms with Gasteiger partial charge >= 0.3 is 12.4 Å². The molecule has 0 aliphatic rings. The minimum absolute atomic E-state index is 0.00759. The van der Waals surface area contributed by atoms with Gasteiger partial charge in [-0.15, -0.1) is 0 Å². The van der Waals surface area contributed by atoms with Crippen molar-refractivity contribution in [3.8, 4) is 176 Å². The zero-order chi connectivity index (χ0) is 85.2. The monoisotopic (exact) mass is 1650 g/mol. The van der Waals surface area contributed by atoms with Crippen molar-refractivity contribution in [1.82, 2.24) is 68.9 Å². The number of nitrogens with zero attached hydrogens (tertiary/aromatic N) is 15. The fraction of sp³-hybridized carbons (Fsp3) is 0.0190. The maximum atomic E-state index is 15.3. The highest BCUT2D eigenvalue weighted by molar-refractivity contribution is 6.14. The van der Waals surface area contributed by atoms with E-state index in [0.717, 1.165) is 56.6 Å². The van der Waals surface area contributed by atoms with E-state index < -0.39 is 23.5 Å². The molecule has 15 nitrogen and oxygen atoms in total. The summed E-state index contributed by atoms with van der Waals surface area (Å²) in [6, 6.07) is 114. The van der Waals surface area contributed by atoms with Gasteiger partial charge in [0.15, 0.2) is 69.9 Å². The number of nitriles is 1. The third-order valence-corrected chi connectivity index (χ3v) is 22.2. The van der Waals surface area contributed by atoms with Gasteiger partial charge in [0.05, 0.1) is 56.2 Å². The van der Waals surface area contributed by atoms with Crippen molar-refractivity contribution < 1.29 is 26.3 Å². The second-order valence-electron chi connectivity index (χ2n) is 30.1. The average Bonchev–Trinajstić information content (AvgIpc) is 1.55. The van der Waals surface area contributed by atoms with Crippen LogP contribution in [-0.4, -0.2) is 68.9 Å². The summed E-state index contributed by atoms with van der Waals surface area (Å²) in [4.78, 5) is 61.5. The molecule has 0 aliphatic carbocycles. The van der Waals surface area contributed by atoms with E-state index in [9.17, 15) is 5.26 Å². The summed E-state index contributed by atoms with van der Waals surface area (Å²) in [5.41, 5.74) is 9.33. The maximum Gasteiger partial charge on any atom is 0.416 e. The first kappa shape index (κ1) is 76.4. The van der Waals surface area contributed by atoms with Gasteiger partial charge in [-0.25, -0.2) is 59.8 Å². The van der Waals surface area contributed by atoms with Crippen LogP contribution < -0.4 is 0 Å². The number of fused-ring (bicyclic) bond motifs is 6. The Hall–Kier alpha value is -17.0. The molecule has 0 saturated heterocycles. The Morgan fingerprint density at radius 2 is 0.413 bits per heavy atom. The van der Waals surface area contributed by atoms with Gasteiger partial charge in [-0.2, -0.15) is 31.6 Å². The summed E-state index contributed by atoms with van der Waals surface area (Å²) in [7, 11) is 0. The lowest BCUT2D eigenvalue weighted by molar-refractivity contribution is -0.143. The zero-order valence-corrected chi connectivity index (χ0v) is 66.2. The van der Waals surface area contributed by atoms with E-state index >= 15 is 26.3 Å². The van der Waals surface area contributed by atoms with Gasteiger partial charge < -0.3 is 9.13 Å². The summed E-state index contributed by atoms with van der Waals surface area (Å²) in [5, 5.41) is 13.9. The number of alkyl halides is 6. The van der Waals surface area contributed by atoms with Crippen LogP contribution in [0.3, 0.4) is 0 Å². The summed E-state index contributed by atoms with van der Waals surface area (Å²) in [6.45, 7) is 0. The van der Waals surface area contributed by atoms with Crippen molar-refractivity contribution in [3.63, 3.8) is 0 Å². The lowest BCUT2D eigenvalue weighted by Gasteiger charge is -2.21. The third-order valence-electron chi connectivity index (χ3n) is 22.2. The SMILES string of the molecule is N#Cc1ccc(-c2ccc(-c3cc(C(F)(F)F)cc(C(F)(F)F)c3)cc2-n2c3ccc(-c4nc(-c5ccccc5)nc(-c5ccccc5)n4)cc3c3cc(-c4nc(-c5ccccc5)nc(-c5ccccc5)n4)ccc32)c(-n2c3ccc(-c4nc(-c5ccccc5)nc(-c5ccccc5)n4)cc3c3cc(-c4nc(-c5ccccc5)nc(-c5ccccc5)n4)ccc32)c1. The van der Waals surface area contributed by atoms with Crippen molar-refractivity contribution in [2.75, 3.05) is 0 Å². The van der Waals surface area contributed by atoms with Gasteiger partial charge in [-0.1, -0.05) is 261 Å². The molecule has 0 amide bonds. The Balaban J connectivity index is 0.841. The molecule has 0 spiro atoms. The standard InChI is InChI=1S/C105H61F6N15/c106-104(107,108)78-54-77(55-79(61-78)105(109,110)111)72-42-48-81(91(60-72)126-88-51-45-75(102-121-96(68-33-17-5-18-34-68)115-97(122-102)69-35-19-6-20-36-69)58-84(88)85-59-76(46-52-89(85)126)103-123-98(70-37-21-7-22-38-70)116-99(124-103)71-39-23-8-24-40-71)80-47-41-63(62-112)53-90(80)125-86-49-43-73(100-117-92(64-25-9-1-10-26-64)113-93(118-100)65-27-11-2-12-28-65)56-82(86)83-57-74(44-50-87(83)125)101-119-94(66-29-13-3-14-30-66)114-95(120-101)67-31-15-4-16-32-67/h1-61H. The average molecular weight is 1650 g/mol. The molecule has 0 unspecified atom stereocenters. The highest BCUT2D eigenvalue weighted by atomic mass is 19.4. The van der Waals surface area contributed by atoms with Crippen LogP contribution >= 0.6 is 0 Å². The van der Waals surface area contributed by atoms with Crippen LogP contribution in [0.15, 0.2) is 370 Å². The molecule has 6 heterocycles. The number of benzene rings is 15. The van der Waals surface area contributed by atoms with Crippen molar-refractivity contribution in [2.24, 2.45) is 0 Å². The van der Waals surface area contributed by atoms with Crippen LogP contribution in [0.5, 0.6) is 0 Å². The molecular weight excluding hydrogens is 1590 g/mol. The first-order valence-corrected chi connectivity index (χ1v) is 40.3. The fourth-order valence-corrected chi connectivity index (χ4v) is 16.1. The molecule has 0 radical (unpaired) electrons. The number of rotatable bonds is 16. The van der Waals surface area contributed by atoms with Gasteiger partial charge in [0.1, 0.15) is 0 Å². The second-order valence-corrected chi connectivity index (χ2v) is 30.1. The summed E-state index contributed by atoms with van der Waals surface area (Å²) in [5.74, 6) is 4.78. The first-order valence-electron chi connectivity index (χ1n) is 40.3. The summed E-state index contributed by atoms with van der Waals surface area (Å²) < 4.78 is 95.8. The lowest BCUT2D eigenvalue weighted by atomic mass is 9.94. The molecule has 6 aromatic heterocycles. The van der Waals surface area contributed by atoms with E-state index in [1.165, 1.54) is 6.07 Å². The lowest BCUT2D eigenvalue weighted by Crippen LogP contribution is -2.11. The van der Waals surface area contributed by atoms with Gasteiger partial charge in [0.25, 0.3) is 0 Å². The molecule has 15 aromatic carbocycles. The van der Waals surface area contributed by atoms with Gasteiger partial charge in [-0.3, -0.25) is 0 Å². The van der Waals surface area contributed by atoms with Crippen molar-refractivity contribution in [3.05, 3.63) is 387 Å². The van der Waals surface area contributed by atoms with Gasteiger partial charge in [0, 0.05) is 99.4 Å². The van der Waals surface area contributed by atoms with E-state index in [-0.39, 0.29) is 22.8 Å². The van der Waals surface area contributed by atoms with Crippen LogP contribution in [0.4, 0.5) is 26.3 Å². The normalized spacial score (nSPS) is 11.7. The van der Waals surface area contributed by atoms with Crippen LogP contribution in [0.2, 0.25) is 0 Å². The third kappa shape index (κ3) is 14.6. The van der Waals surface area contributed by atoms with E-state index in [1.54, 1.807) is 24.3 Å². The summed E-state index contributed by atoms with van der Waals surface area (Å²) in [6.07, 6.45) is -10.4. The molecule has 21 heteroatoms. The number of hydrogen-bond donors (Lipinski definition) is 0. The smallest absolute Gasteiger partial charge is 0.309 e. The molecule has 21 aromatic rings. The molecule has 0 fully saturated rings. The van der Waals surface area contributed by atoms with Gasteiger partial charge in [0.2, 0.25) is 0 Å². The zero-order valence-electron chi connectivity index (χ0n) is 66.2. The van der Waals surface area contributed by atoms with E-state index in [4.69, 9.17) is 59.8 Å². The van der Waals surface area contributed by atoms with Crippen LogP contribution in [-0.2, 0) is 12.4 Å². The van der Waals surface area contributed by atoms with Crippen molar-refractivity contribution in [2.45, 2.75) is 12.4 Å². The Morgan fingerprint density at radius 1 is 0.198 bits per heavy atom. The predicted octanol–water partition coefficient (Wildman–Crippen LogP) is 25.9. The second kappa shape index (κ2) is 31.5. The highest BCUT2D eigenvalue weighted by Crippen LogP contribution is 2.48. The molecule has 0 atom stereocenters. The molecule has 0 bridgehead atoms. The highest BCUT2D eigenvalue weighted by Gasteiger charge is 2.38. The molecule has 21 rings (SSSR count). The Morgan fingerprint density at radius 3 is 0.643 bits per heavy atom. The first-order chi connectivity index (χ1) is 61.6. The maximum absolute atomic E-state index is 15.3. The molecule has 0 saturated carbocycles. The van der Waals surface area contributed by atoms with Gasteiger partial charge in [-0.05, 0) is 120 Å². The molecule has 126 heavy (non-hydrogen) atoms. The molecular formula is C105H61F6N15. The fourth-order valence-electron chi connectivity index (χ4n) is 16.1. The minimum Gasteiger partial charge on any atom is -0.309 e. The topological polar surface area (TPSA) is 188 Å². The molecule has 598 valence electrons. The van der Waals surface area contributed by atoms with Crippen molar-refractivity contribution >= 4 is 43.6 Å². The Labute approximate surface area is 715 Å². The van der Waals surface area contributed by atoms with Crippen LogP contribution in [0.1, 0.15) is 16.7 Å². The quantitative estimate of drug-likeness (QED) is 0.0832. The molecule has 0 N–H and O–H groups in total. The van der Waals surface area contributed by atoms with Crippen molar-refractivity contribution in [1.29, 1.82) is 5.26 Å². The Kier molecular flexibility index (Phi) is 19.1. The van der Waals surface area contributed by atoms with E-state index in [2.05, 4.69) is 10.6 Å². The molecule has 0 aliphatic heterocycles. The van der Waals surface area contributed by atoms with E-state index in [1.807, 2.05) is 326 Å². The van der Waals surface area contributed by atoms with Crippen LogP contribution in [0.25, 0.3) is 214 Å². The number of halogens is 6. The number of aromatic nitrogens is 14. The largest absolute Gasteiger partial charge is 0.416 e.